The first kappa shape index (κ1) is 13.8. The number of hydrogen-bond acceptors (Lipinski definition) is 4. The number of carboxylic acid groups (broad SMARTS) is 1. The van der Waals surface area contributed by atoms with Gasteiger partial charge in [0, 0.05) is 12.6 Å². The Bertz CT molecular complexity index is 458. The van der Waals surface area contributed by atoms with E-state index in [1.807, 2.05) is 0 Å². The number of likely N-dealkylation sites (N-methyl/N-ethyl adjacent to an activating group) is 1. The van der Waals surface area contributed by atoms with Gasteiger partial charge in [-0.15, -0.1) is 0 Å². The average molecular weight is 253 g/mol. The van der Waals surface area contributed by atoms with Crippen LogP contribution >= 0.6 is 0 Å². The molecule has 2 N–H and O–H groups in total. The molecule has 6 nitrogen and oxygen atoms in total. The minimum Gasteiger partial charge on any atom is -0.508 e. The normalized spacial score (nSPS) is 9.89. The van der Waals surface area contributed by atoms with Crippen molar-refractivity contribution in [2.75, 3.05) is 20.2 Å². The molecular formula is C12H15NO5. The van der Waals surface area contributed by atoms with E-state index in [-0.39, 0.29) is 18.9 Å². The summed E-state index contributed by atoms with van der Waals surface area (Å²) < 4.78 is 5.24. The van der Waals surface area contributed by atoms with E-state index < -0.39 is 11.9 Å². The third kappa shape index (κ3) is 3.65. The Morgan fingerprint density at radius 3 is 2.67 bits per heavy atom. The SMILES string of the molecule is Cc1c(O)cccc1OCC(=O)N(C)CC(=O)O. The molecule has 0 atom stereocenters. The number of nitrogens with zero attached hydrogens (tertiary/aromatic N) is 1. The predicted molar refractivity (Wildman–Crippen MR) is 63.6 cm³/mol. The molecular weight excluding hydrogens is 238 g/mol. The minimum absolute atomic E-state index is 0.0823. The standard InChI is InChI=1S/C12H15NO5/c1-8-9(14)4-3-5-10(8)18-7-11(15)13(2)6-12(16)17/h3-5,14H,6-7H2,1-2H3,(H,16,17). The van der Waals surface area contributed by atoms with Crippen molar-refractivity contribution in [3.8, 4) is 11.5 Å². The molecule has 0 aromatic heterocycles. The van der Waals surface area contributed by atoms with Gasteiger partial charge in [-0.3, -0.25) is 9.59 Å². The summed E-state index contributed by atoms with van der Waals surface area (Å²) in [6.45, 7) is 1.02. The summed E-state index contributed by atoms with van der Waals surface area (Å²) in [5.41, 5.74) is 0.534. The number of ether oxygens (including phenoxy) is 1. The van der Waals surface area contributed by atoms with Gasteiger partial charge in [0.2, 0.25) is 0 Å². The Morgan fingerprint density at radius 2 is 2.06 bits per heavy atom. The van der Waals surface area contributed by atoms with Crippen LogP contribution in [0.5, 0.6) is 11.5 Å². The number of phenols is 1. The summed E-state index contributed by atoms with van der Waals surface area (Å²) in [4.78, 5) is 23.0. The molecule has 0 aliphatic carbocycles. The summed E-state index contributed by atoms with van der Waals surface area (Å²) in [6, 6.07) is 4.74. The lowest BCUT2D eigenvalue weighted by atomic mass is 10.2. The van der Waals surface area contributed by atoms with Gasteiger partial charge >= 0.3 is 5.97 Å². The van der Waals surface area contributed by atoms with E-state index in [0.29, 0.717) is 11.3 Å². The van der Waals surface area contributed by atoms with Crippen LogP contribution in [0.3, 0.4) is 0 Å². The van der Waals surface area contributed by atoms with Gasteiger partial charge in [0.1, 0.15) is 18.0 Å². The van der Waals surface area contributed by atoms with Crippen LogP contribution in [0.1, 0.15) is 5.56 Å². The smallest absolute Gasteiger partial charge is 0.323 e. The highest BCUT2D eigenvalue weighted by Gasteiger charge is 2.13. The number of carboxylic acids is 1. The molecule has 1 rings (SSSR count). The van der Waals surface area contributed by atoms with Crippen LogP contribution in [0.4, 0.5) is 0 Å². The van der Waals surface area contributed by atoms with Crippen molar-refractivity contribution < 1.29 is 24.5 Å². The van der Waals surface area contributed by atoms with Crippen LogP contribution in [0.25, 0.3) is 0 Å². The predicted octanol–water partition coefficient (Wildman–Crippen LogP) is 0.622. The van der Waals surface area contributed by atoms with Crippen molar-refractivity contribution in [1.29, 1.82) is 0 Å². The summed E-state index contributed by atoms with van der Waals surface area (Å²) in [6.07, 6.45) is 0. The molecule has 0 fully saturated rings. The fourth-order valence-corrected chi connectivity index (χ4v) is 1.30. The Morgan fingerprint density at radius 1 is 1.39 bits per heavy atom. The van der Waals surface area contributed by atoms with Crippen molar-refractivity contribution in [3.05, 3.63) is 23.8 Å². The fraction of sp³-hybridized carbons (Fsp3) is 0.333. The Balaban J connectivity index is 2.57. The number of aliphatic carboxylic acids is 1. The lowest BCUT2D eigenvalue weighted by Crippen LogP contribution is -2.35. The minimum atomic E-state index is -1.08. The van der Waals surface area contributed by atoms with Crippen LogP contribution < -0.4 is 4.74 Å². The van der Waals surface area contributed by atoms with Gasteiger partial charge in [0.05, 0.1) is 0 Å². The first-order valence-corrected chi connectivity index (χ1v) is 5.29. The van der Waals surface area contributed by atoms with E-state index in [9.17, 15) is 14.7 Å². The van der Waals surface area contributed by atoms with Crippen LogP contribution in [0.15, 0.2) is 18.2 Å². The van der Waals surface area contributed by atoms with Gasteiger partial charge in [-0.2, -0.15) is 0 Å². The van der Waals surface area contributed by atoms with Crippen LogP contribution in [0.2, 0.25) is 0 Å². The van der Waals surface area contributed by atoms with E-state index in [1.165, 1.54) is 13.1 Å². The van der Waals surface area contributed by atoms with Gasteiger partial charge in [0.25, 0.3) is 5.91 Å². The highest BCUT2D eigenvalue weighted by molar-refractivity contribution is 5.82. The molecule has 98 valence electrons. The molecule has 0 radical (unpaired) electrons. The first-order chi connectivity index (χ1) is 8.41. The van der Waals surface area contributed by atoms with Crippen molar-refractivity contribution in [2.24, 2.45) is 0 Å². The molecule has 1 amide bonds. The maximum Gasteiger partial charge on any atom is 0.323 e. The third-order valence-corrected chi connectivity index (χ3v) is 2.40. The molecule has 0 aliphatic rings. The second-order valence-corrected chi connectivity index (χ2v) is 3.83. The molecule has 0 unspecified atom stereocenters. The molecule has 0 saturated carbocycles. The summed E-state index contributed by atoms with van der Waals surface area (Å²) in [5.74, 6) is -1.05. The quantitative estimate of drug-likeness (QED) is 0.803. The van der Waals surface area contributed by atoms with Crippen molar-refractivity contribution in [3.63, 3.8) is 0 Å². The molecule has 0 heterocycles. The van der Waals surface area contributed by atoms with E-state index in [0.717, 1.165) is 4.90 Å². The van der Waals surface area contributed by atoms with Gasteiger partial charge in [0.15, 0.2) is 6.61 Å². The van der Waals surface area contributed by atoms with E-state index >= 15 is 0 Å². The Labute approximate surface area is 104 Å². The van der Waals surface area contributed by atoms with E-state index in [2.05, 4.69) is 0 Å². The maximum absolute atomic E-state index is 11.5. The van der Waals surface area contributed by atoms with Crippen LogP contribution in [-0.2, 0) is 9.59 Å². The molecule has 1 aromatic rings. The van der Waals surface area contributed by atoms with Gasteiger partial charge in [-0.05, 0) is 19.1 Å². The zero-order valence-corrected chi connectivity index (χ0v) is 10.2. The topological polar surface area (TPSA) is 87.1 Å². The summed E-state index contributed by atoms with van der Waals surface area (Å²) in [7, 11) is 1.38. The Kier molecular flexibility index (Phi) is 4.53. The fourth-order valence-electron chi connectivity index (χ4n) is 1.30. The van der Waals surface area contributed by atoms with Gasteiger partial charge < -0.3 is 19.8 Å². The number of hydrogen-bond donors (Lipinski definition) is 2. The molecule has 18 heavy (non-hydrogen) atoms. The molecule has 6 heteroatoms. The second-order valence-electron chi connectivity index (χ2n) is 3.83. The van der Waals surface area contributed by atoms with E-state index in [1.54, 1.807) is 19.1 Å². The van der Waals surface area contributed by atoms with Crippen molar-refractivity contribution in [1.82, 2.24) is 4.90 Å². The summed E-state index contributed by atoms with van der Waals surface area (Å²) in [5, 5.41) is 18.0. The average Bonchev–Trinajstić information content (AvgIpc) is 2.29. The lowest BCUT2D eigenvalue weighted by molar-refractivity contribution is -0.144. The van der Waals surface area contributed by atoms with Crippen molar-refractivity contribution >= 4 is 11.9 Å². The highest BCUT2D eigenvalue weighted by atomic mass is 16.5. The number of phenolic OH excluding ortho intramolecular Hbond substituents is 1. The van der Waals surface area contributed by atoms with E-state index in [4.69, 9.17) is 9.84 Å². The lowest BCUT2D eigenvalue weighted by Gasteiger charge is -2.15. The molecule has 0 spiro atoms. The number of benzene rings is 1. The van der Waals surface area contributed by atoms with Crippen LogP contribution in [-0.4, -0.2) is 47.2 Å². The zero-order chi connectivity index (χ0) is 13.7. The maximum atomic E-state index is 11.5. The molecule has 0 saturated heterocycles. The third-order valence-electron chi connectivity index (χ3n) is 2.40. The highest BCUT2D eigenvalue weighted by Crippen LogP contribution is 2.25. The zero-order valence-electron chi connectivity index (χ0n) is 10.2. The Hall–Kier alpha value is -2.24. The van der Waals surface area contributed by atoms with Gasteiger partial charge in [-0.25, -0.2) is 0 Å². The van der Waals surface area contributed by atoms with Crippen molar-refractivity contribution in [2.45, 2.75) is 6.92 Å². The second kappa shape index (κ2) is 5.90. The van der Waals surface area contributed by atoms with Gasteiger partial charge in [-0.1, -0.05) is 6.07 Å². The number of amides is 1. The molecule has 0 bridgehead atoms. The number of aromatic hydroxyl groups is 1. The largest absolute Gasteiger partial charge is 0.508 e. The molecule has 0 aliphatic heterocycles. The first-order valence-electron chi connectivity index (χ1n) is 5.29. The van der Waals surface area contributed by atoms with Crippen LogP contribution in [0, 0.1) is 6.92 Å². The number of carbonyl (C=O) groups is 2. The summed E-state index contributed by atoms with van der Waals surface area (Å²) >= 11 is 0. The monoisotopic (exact) mass is 253 g/mol. The molecule has 1 aromatic carbocycles. The number of rotatable bonds is 5. The number of carbonyl (C=O) groups excluding carboxylic acids is 1.